The van der Waals surface area contributed by atoms with Crippen LogP contribution in [-0.2, 0) is 17.8 Å². The molecule has 0 saturated carbocycles. The number of rotatable bonds is 8. The van der Waals surface area contributed by atoms with Gasteiger partial charge in [-0.05, 0) is 60.1 Å². The first-order valence-corrected chi connectivity index (χ1v) is 10.1. The number of nitrogens with zero attached hydrogens (tertiary/aromatic N) is 1. The Bertz CT molecular complexity index is 876. The van der Waals surface area contributed by atoms with Crippen LogP contribution in [0.1, 0.15) is 17.5 Å². The lowest BCUT2D eigenvalue weighted by molar-refractivity contribution is -0.132. The second-order valence-electron chi connectivity index (χ2n) is 6.55. The third kappa shape index (κ3) is 5.39. The second-order valence-corrected chi connectivity index (χ2v) is 7.64. The number of aromatic hydroxyl groups is 1. The van der Waals surface area contributed by atoms with E-state index < -0.39 is 5.97 Å². The molecule has 4 nitrogen and oxygen atoms in total. The van der Waals surface area contributed by atoms with Crippen molar-refractivity contribution < 1.29 is 19.4 Å². The minimum absolute atomic E-state index is 0.208. The smallest absolute Gasteiger partial charge is 0.338 e. The van der Waals surface area contributed by atoms with Gasteiger partial charge in [-0.25, -0.2) is 9.18 Å². The molecule has 146 valence electrons. The van der Waals surface area contributed by atoms with Crippen LogP contribution in [0, 0.1) is 5.82 Å². The lowest BCUT2D eigenvalue weighted by atomic mass is 10.1. The molecular formula is C22H22FNO3S. The molecular weight excluding hydrogens is 377 g/mol. The van der Waals surface area contributed by atoms with Gasteiger partial charge in [-0.2, -0.15) is 0 Å². The van der Waals surface area contributed by atoms with Crippen molar-refractivity contribution in [3.8, 4) is 5.75 Å². The average molecular weight is 399 g/mol. The molecule has 0 atom stereocenters. The zero-order chi connectivity index (χ0) is 19.9. The fraction of sp³-hybridized carbons (Fsp3) is 0.227. The molecule has 0 unspecified atom stereocenters. The Hall–Kier alpha value is -2.73. The lowest BCUT2D eigenvalue weighted by Crippen LogP contribution is -2.27. The summed E-state index contributed by atoms with van der Waals surface area (Å²) >= 11 is 1.54. The topological polar surface area (TPSA) is 60.8 Å². The number of carbonyl (C=O) groups is 1. The maximum atomic E-state index is 13.0. The SMILES string of the molecule is O=C(O)C1=C(SCCCc2ccc(F)cc2)N(Cc2ccc(O)cc2)CC=C1. The van der Waals surface area contributed by atoms with Crippen LogP contribution in [0.4, 0.5) is 4.39 Å². The van der Waals surface area contributed by atoms with Crippen LogP contribution >= 0.6 is 11.8 Å². The summed E-state index contributed by atoms with van der Waals surface area (Å²) in [6, 6.07) is 13.4. The lowest BCUT2D eigenvalue weighted by Gasteiger charge is -2.29. The van der Waals surface area contributed by atoms with Crippen LogP contribution in [-0.4, -0.2) is 33.4 Å². The number of phenolic OH excluding ortho intramolecular Hbond substituents is 1. The fourth-order valence-electron chi connectivity index (χ4n) is 3.01. The van der Waals surface area contributed by atoms with Gasteiger partial charge in [-0.3, -0.25) is 0 Å². The van der Waals surface area contributed by atoms with Crippen molar-refractivity contribution in [3.05, 3.63) is 88.2 Å². The Morgan fingerprint density at radius 1 is 1.07 bits per heavy atom. The van der Waals surface area contributed by atoms with Crippen molar-refractivity contribution in [2.45, 2.75) is 19.4 Å². The molecule has 0 bridgehead atoms. The van der Waals surface area contributed by atoms with Gasteiger partial charge in [-0.15, -0.1) is 11.8 Å². The van der Waals surface area contributed by atoms with E-state index in [4.69, 9.17) is 0 Å². The number of aryl methyl sites for hydroxylation is 1. The Kier molecular flexibility index (Phi) is 6.76. The molecule has 1 aliphatic rings. The summed E-state index contributed by atoms with van der Waals surface area (Å²) in [5.41, 5.74) is 2.37. The molecule has 2 N–H and O–H groups in total. The minimum atomic E-state index is -0.937. The third-order valence-corrected chi connectivity index (χ3v) is 5.67. The summed E-state index contributed by atoms with van der Waals surface area (Å²) in [6.45, 7) is 1.21. The van der Waals surface area contributed by atoms with E-state index in [1.807, 2.05) is 23.1 Å². The summed E-state index contributed by atoms with van der Waals surface area (Å²) in [4.78, 5) is 13.7. The maximum absolute atomic E-state index is 13.0. The molecule has 6 heteroatoms. The highest BCUT2D eigenvalue weighted by atomic mass is 32.2. The van der Waals surface area contributed by atoms with Crippen LogP contribution in [0.5, 0.6) is 5.75 Å². The number of thioether (sulfide) groups is 1. The predicted octanol–water partition coefficient (Wildman–Crippen LogP) is 4.57. The average Bonchev–Trinajstić information content (AvgIpc) is 2.69. The van der Waals surface area contributed by atoms with E-state index >= 15 is 0 Å². The van der Waals surface area contributed by atoms with Crippen molar-refractivity contribution >= 4 is 17.7 Å². The fourth-order valence-corrected chi connectivity index (χ4v) is 4.12. The number of benzene rings is 2. The van der Waals surface area contributed by atoms with E-state index in [0.717, 1.165) is 34.8 Å². The number of aliphatic carboxylic acids is 1. The highest BCUT2D eigenvalue weighted by Gasteiger charge is 2.21. The largest absolute Gasteiger partial charge is 0.508 e. The zero-order valence-electron chi connectivity index (χ0n) is 15.3. The number of carboxylic acids is 1. The summed E-state index contributed by atoms with van der Waals surface area (Å²) < 4.78 is 13.0. The van der Waals surface area contributed by atoms with Gasteiger partial charge >= 0.3 is 5.97 Å². The van der Waals surface area contributed by atoms with Crippen LogP contribution in [0.2, 0.25) is 0 Å². The van der Waals surface area contributed by atoms with Gasteiger partial charge in [0.2, 0.25) is 0 Å². The summed E-state index contributed by atoms with van der Waals surface area (Å²) in [5, 5.41) is 19.8. The molecule has 3 rings (SSSR count). The van der Waals surface area contributed by atoms with E-state index in [-0.39, 0.29) is 11.6 Å². The molecule has 0 fully saturated rings. The Morgan fingerprint density at radius 3 is 2.43 bits per heavy atom. The first-order valence-electron chi connectivity index (χ1n) is 9.07. The van der Waals surface area contributed by atoms with Crippen LogP contribution in [0.15, 0.2) is 71.3 Å². The first-order chi connectivity index (χ1) is 13.5. The second kappa shape index (κ2) is 9.46. The molecule has 0 radical (unpaired) electrons. The highest BCUT2D eigenvalue weighted by molar-refractivity contribution is 8.03. The van der Waals surface area contributed by atoms with Gasteiger partial charge < -0.3 is 15.1 Å². The zero-order valence-corrected chi connectivity index (χ0v) is 16.2. The number of hydrogen-bond donors (Lipinski definition) is 2. The Morgan fingerprint density at radius 2 is 1.75 bits per heavy atom. The number of phenols is 1. The normalized spacial score (nSPS) is 13.8. The first kappa shape index (κ1) is 20.0. The molecule has 0 amide bonds. The van der Waals surface area contributed by atoms with Crippen molar-refractivity contribution in [2.24, 2.45) is 0 Å². The molecule has 0 aromatic heterocycles. The summed E-state index contributed by atoms with van der Waals surface area (Å²) in [5.74, 6) is -0.205. The molecule has 0 aliphatic carbocycles. The molecule has 2 aromatic carbocycles. The van der Waals surface area contributed by atoms with Gasteiger partial charge in [0, 0.05) is 13.1 Å². The van der Waals surface area contributed by atoms with Crippen LogP contribution < -0.4 is 0 Å². The number of halogens is 1. The van der Waals surface area contributed by atoms with Crippen LogP contribution in [0.25, 0.3) is 0 Å². The van der Waals surface area contributed by atoms with Gasteiger partial charge in [0.1, 0.15) is 11.6 Å². The molecule has 1 heterocycles. The quantitative estimate of drug-likeness (QED) is 0.637. The van der Waals surface area contributed by atoms with Crippen molar-refractivity contribution in [1.82, 2.24) is 4.90 Å². The van der Waals surface area contributed by atoms with Crippen molar-refractivity contribution in [2.75, 3.05) is 12.3 Å². The molecule has 0 saturated heterocycles. The van der Waals surface area contributed by atoms with Gasteiger partial charge in [0.15, 0.2) is 0 Å². The van der Waals surface area contributed by atoms with E-state index in [0.29, 0.717) is 18.7 Å². The van der Waals surface area contributed by atoms with E-state index in [1.165, 1.54) is 23.9 Å². The maximum Gasteiger partial charge on any atom is 0.338 e. The van der Waals surface area contributed by atoms with E-state index in [2.05, 4.69) is 0 Å². The molecule has 2 aromatic rings. The van der Waals surface area contributed by atoms with Crippen LogP contribution in [0.3, 0.4) is 0 Å². The van der Waals surface area contributed by atoms with Gasteiger partial charge in [0.25, 0.3) is 0 Å². The monoisotopic (exact) mass is 399 g/mol. The Labute approximate surface area is 168 Å². The van der Waals surface area contributed by atoms with Gasteiger partial charge in [0.05, 0.1) is 10.6 Å². The number of hydrogen-bond acceptors (Lipinski definition) is 4. The number of carboxylic acid groups (broad SMARTS) is 1. The summed E-state index contributed by atoms with van der Waals surface area (Å²) in [6.07, 6.45) is 5.20. The Balaban J connectivity index is 1.65. The predicted molar refractivity (Wildman–Crippen MR) is 109 cm³/mol. The van der Waals surface area contributed by atoms with Crippen molar-refractivity contribution in [1.29, 1.82) is 0 Å². The summed E-state index contributed by atoms with van der Waals surface area (Å²) in [7, 11) is 0. The van der Waals surface area contributed by atoms with Gasteiger partial charge in [-0.1, -0.05) is 30.3 Å². The van der Waals surface area contributed by atoms with Crippen molar-refractivity contribution in [3.63, 3.8) is 0 Å². The molecule has 1 aliphatic heterocycles. The minimum Gasteiger partial charge on any atom is -0.508 e. The van der Waals surface area contributed by atoms with E-state index in [9.17, 15) is 19.4 Å². The third-order valence-electron chi connectivity index (χ3n) is 4.43. The standard InChI is InChI=1S/C22H22FNO3S/c23-18-9-5-16(6-10-18)3-2-14-28-21-20(22(26)27)4-1-13-24(21)15-17-7-11-19(25)12-8-17/h1,4-12,25H,2-3,13-15H2,(H,26,27). The molecule has 28 heavy (non-hydrogen) atoms. The van der Waals surface area contributed by atoms with E-state index in [1.54, 1.807) is 30.3 Å². The highest BCUT2D eigenvalue weighted by Crippen LogP contribution is 2.30. The molecule has 0 spiro atoms.